The molecule has 1 atom stereocenters. The first-order valence-electron chi connectivity index (χ1n) is 15.1. The van der Waals surface area contributed by atoms with Crippen LogP contribution in [-0.2, 0) is 12.8 Å². The Labute approximate surface area is 245 Å². The number of alkyl halides is 2. The molecule has 3 aromatic carbocycles. The average Bonchev–Trinajstić information content (AvgIpc) is 3.34. The van der Waals surface area contributed by atoms with E-state index in [1.54, 1.807) is 12.1 Å². The molecule has 0 bridgehead atoms. The summed E-state index contributed by atoms with van der Waals surface area (Å²) in [5.41, 5.74) is 20.0. The molecule has 2 aliphatic carbocycles. The van der Waals surface area contributed by atoms with Crippen LogP contribution in [0.25, 0.3) is 11.1 Å². The average molecular weight is 565 g/mol. The Morgan fingerprint density at radius 1 is 0.902 bits per heavy atom. The van der Waals surface area contributed by atoms with Crippen LogP contribution in [0.1, 0.15) is 92.2 Å². The van der Waals surface area contributed by atoms with Crippen LogP contribution < -0.4 is 11.5 Å². The van der Waals surface area contributed by atoms with E-state index in [4.69, 9.17) is 11.5 Å². The van der Waals surface area contributed by atoms with Crippen LogP contribution >= 0.6 is 0 Å². The van der Waals surface area contributed by atoms with Gasteiger partial charge in [-0.2, -0.15) is 0 Å². The van der Waals surface area contributed by atoms with Crippen molar-refractivity contribution in [1.29, 1.82) is 0 Å². The van der Waals surface area contributed by atoms with E-state index < -0.39 is 6.17 Å². The van der Waals surface area contributed by atoms with E-state index in [9.17, 15) is 13.2 Å². The smallest absolute Gasteiger partial charge is 0.127 e. The van der Waals surface area contributed by atoms with Gasteiger partial charge in [-0.05, 0) is 109 Å². The summed E-state index contributed by atoms with van der Waals surface area (Å²) in [5.74, 6) is 0.708. The minimum absolute atomic E-state index is 0.0953. The van der Waals surface area contributed by atoms with Crippen LogP contribution in [0.15, 0.2) is 60.7 Å². The molecule has 1 fully saturated rings. The molecule has 2 nitrogen and oxygen atoms in total. The zero-order chi connectivity index (χ0) is 29.8. The van der Waals surface area contributed by atoms with E-state index >= 15 is 0 Å². The fourth-order valence-electron chi connectivity index (χ4n) is 5.56. The molecule has 0 radical (unpaired) electrons. The first-order valence-corrected chi connectivity index (χ1v) is 15.1. The maximum atomic E-state index is 14.8. The summed E-state index contributed by atoms with van der Waals surface area (Å²) >= 11 is 0. The highest BCUT2D eigenvalue weighted by Gasteiger charge is 2.21. The predicted molar refractivity (Wildman–Crippen MR) is 169 cm³/mol. The number of nitrogen functional groups attached to an aromatic ring is 1. The van der Waals surface area contributed by atoms with Crippen LogP contribution in [0.4, 0.5) is 18.9 Å². The maximum absolute atomic E-state index is 14.8. The van der Waals surface area contributed by atoms with Crippen LogP contribution in [-0.4, -0.2) is 19.4 Å². The van der Waals surface area contributed by atoms with Gasteiger partial charge >= 0.3 is 0 Å². The molecule has 5 rings (SSSR count). The van der Waals surface area contributed by atoms with Crippen molar-refractivity contribution < 1.29 is 13.2 Å². The highest BCUT2D eigenvalue weighted by molar-refractivity contribution is 6.00. The largest absolute Gasteiger partial charge is 0.399 e. The van der Waals surface area contributed by atoms with E-state index in [-0.39, 0.29) is 18.9 Å². The second kappa shape index (κ2) is 16.4. The fraction of sp³-hybridized carbons (Fsp3) is 0.444. The van der Waals surface area contributed by atoms with Gasteiger partial charge < -0.3 is 11.5 Å². The van der Waals surface area contributed by atoms with Gasteiger partial charge in [-0.25, -0.2) is 8.78 Å². The van der Waals surface area contributed by atoms with Crippen molar-refractivity contribution in [1.82, 2.24) is 0 Å². The van der Waals surface area contributed by atoms with Crippen molar-refractivity contribution >= 4 is 16.8 Å². The Hall–Kier alpha value is -3.05. The Morgan fingerprint density at radius 2 is 1.59 bits per heavy atom. The van der Waals surface area contributed by atoms with E-state index in [0.717, 1.165) is 58.7 Å². The van der Waals surface area contributed by atoms with Gasteiger partial charge in [0.1, 0.15) is 12.0 Å². The first-order chi connectivity index (χ1) is 19.7. The summed E-state index contributed by atoms with van der Waals surface area (Å²) in [6.45, 7) is 6.06. The number of rotatable bonds is 6. The molecule has 4 N–H and O–H groups in total. The lowest BCUT2D eigenvalue weighted by Crippen LogP contribution is -2.02. The zero-order valence-electron chi connectivity index (χ0n) is 25.0. The third-order valence-corrected chi connectivity index (χ3v) is 7.80. The van der Waals surface area contributed by atoms with Crippen molar-refractivity contribution in [2.45, 2.75) is 84.7 Å². The standard InChI is InChI=1S/C27H27F2N.C6H12.C3H8FN/c1-17-6-8-19(9-7-17)27-24(5-3-4-20-15-23(30)12-13-25(20)27)21-10-11-22(14-18(2)28)26(29)16-21;1-6-4-2-3-5-6;4-2-1-3-5/h6-13,15-16,18H,3-5,14,30H2,1-2H3;6H,2-5H2,1H3;1-3,5H2. The van der Waals surface area contributed by atoms with Gasteiger partial charge in [0.2, 0.25) is 0 Å². The second-order valence-electron chi connectivity index (χ2n) is 11.5. The number of anilines is 1. The summed E-state index contributed by atoms with van der Waals surface area (Å²) in [7, 11) is 0. The highest BCUT2D eigenvalue weighted by Crippen LogP contribution is 2.40. The summed E-state index contributed by atoms with van der Waals surface area (Å²) in [4.78, 5) is 0. The number of halogens is 3. The SMILES string of the molecule is CC1CCCC1.Cc1ccc(C2=C(c3ccc(CC(C)F)c(F)c3)CCCc3cc(N)ccc32)cc1.NCCCF. The third kappa shape index (κ3) is 9.78. The highest BCUT2D eigenvalue weighted by atomic mass is 19.1. The van der Waals surface area contributed by atoms with Crippen LogP contribution in [0.3, 0.4) is 0 Å². The van der Waals surface area contributed by atoms with Crippen LogP contribution in [0.2, 0.25) is 0 Å². The molecule has 0 aliphatic heterocycles. The quantitative estimate of drug-likeness (QED) is 0.293. The van der Waals surface area contributed by atoms with Crippen molar-refractivity contribution in [3.8, 4) is 0 Å². The number of aryl methyl sites for hydroxylation is 2. The second-order valence-corrected chi connectivity index (χ2v) is 11.5. The topological polar surface area (TPSA) is 52.0 Å². The van der Waals surface area contributed by atoms with Crippen molar-refractivity contribution in [3.63, 3.8) is 0 Å². The lowest BCUT2D eigenvalue weighted by Gasteiger charge is -2.18. The Kier molecular flexibility index (Phi) is 13.0. The van der Waals surface area contributed by atoms with Crippen LogP contribution in [0.5, 0.6) is 0 Å². The van der Waals surface area contributed by atoms with Gasteiger partial charge in [0, 0.05) is 12.1 Å². The third-order valence-electron chi connectivity index (χ3n) is 7.80. The molecular formula is C36H47F3N2. The molecule has 0 aromatic heterocycles. The molecule has 2 aliphatic rings. The van der Waals surface area contributed by atoms with Crippen molar-refractivity contribution in [2.24, 2.45) is 11.7 Å². The molecule has 1 unspecified atom stereocenters. The lowest BCUT2D eigenvalue weighted by atomic mass is 9.87. The van der Waals surface area contributed by atoms with E-state index in [0.29, 0.717) is 18.5 Å². The monoisotopic (exact) mass is 564 g/mol. The van der Waals surface area contributed by atoms with Gasteiger partial charge in [0.05, 0.1) is 6.67 Å². The summed E-state index contributed by atoms with van der Waals surface area (Å²) in [6.07, 6.45) is 8.21. The summed E-state index contributed by atoms with van der Waals surface area (Å²) in [5, 5.41) is 0. The van der Waals surface area contributed by atoms with E-state index in [1.807, 2.05) is 12.1 Å². The Bertz CT molecular complexity index is 1260. The molecule has 0 saturated heterocycles. The normalized spacial score (nSPS) is 15.7. The first kappa shape index (κ1) is 32.5. The van der Waals surface area contributed by atoms with Gasteiger partial charge in [-0.1, -0.05) is 80.6 Å². The molecular weight excluding hydrogens is 517 g/mol. The van der Waals surface area contributed by atoms with Crippen LogP contribution in [0, 0.1) is 18.7 Å². The van der Waals surface area contributed by atoms with E-state index in [2.05, 4.69) is 50.2 Å². The molecule has 222 valence electrons. The molecule has 1 saturated carbocycles. The zero-order valence-corrected chi connectivity index (χ0v) is 25.0. The molecule has 5 heteroatoms. The van der Waals surface area contributed by atoms with Gasteiger partial charge in [0.25, 0.3) is 0 Å². The van der Waals surface area contributed by atoms with Gasteiger partial charge in [0.15, 0.2) is 0 Å². The number of nitrogens with two attached hydrogens (primary N) is 2. The minimum atomic E-state index is -1.07. The minimum Gasteiger partial charge on any atom is -0.399 e. The molecule has 0 heterocycles. The fourth-order valence-corrected chi connectivity index (χ4v) is 5.56. The van der Waals surface area contributed by atoms with E-state index in [1.165, 1.54) is 43.7 Å². The maximum Gasteiger partial charge on any atom is 0.127 e. The molecule has 41 heavy (non-hydrogen) atoms. The predicted octanol–water partition coefficient (Wildman–Crippen LogP) is 9.41. The van der Waals surface area contributed by atoms with Crippen molar-refractivity contribution in [3.05, 3.63) is 99.9 Å². The van der Waals surface area contributed by atoms with Gasteiger partial charge in [-0.3, -0.25) is 4.39 Å². The number of benzene rings is 3. The molecule has 0 amide bonds. The lowest BCUT2D eigenvalue weighted by molar-refractivity contribution is 0.356. The summed E-state index contributed by atoms with van der Waals surface area (Å²) in [6, 6.07) is 19.8. The number of fused-ring (bicyclic) bond motifs is 1. The molecule has 3 aromatic rings. The molecule has 0 spiro atoms. The van der Waals surface area contributed by atoms with Crippen molar-refractivity contribution in [2.75, 3.05) is 19.0 Å². The number of hydrogen-bond acceptors (Lipinski definition) is 2. The Morgan fingerprint density at radius 3 is 2.12 bits per heavy atom. The number of hydrogen-bond donors (Lipinski definition) is 2. The number of allylic oxidation sites excluding steroid dienone is 1. The summed E-state index contributed by atoms with van der Waals surface area (Å²) < 4.78 is 39.1. The Balaban J connectivity index is 0.000000353. The van der Waals surface area contributed by atoms with Gasteiger partial charge in [-0.15, -0.1) is 0 Å².